The molecule has 34 heavy (non-hydrogen) atoms. The number of aromatic nitrogens is 1. The lowest BCUT2D eigenvalue weighted by molar-refractivity contribution is 0.0986. The molecule has 4 rings (SSSR count). The van der Waals surface area contributed by atoms with Gasteiger partial charge in [-0.25, -0.2) is 8.42 Å². The number of hydrogen-bond acceptors (Lipinski definition) is 6. The Balaban J connectivity index is 1.62. The first-order valence-corrected chi connectivity index (χ1v) is 14.0. The van der Waals surface area contributed by atoms with E-state index in [1.807, 2.05) is 11.0 Å². The van der Waals surface area contributed by atoms with Crippen LogP contribution in [0, 0.1) is 0 Å². The molecule has 2 aliphatic rings. The Morgan fingerprint density at radius 1 is 0.971 bits per heavy atom. The Bertz CT molecular complexity index is 1070. The molecule has 0 spiro atoms. The maximum absolute atomic E-state index is 13.5. The van der Waals surface area contributed by atoms with Crippen molar-refractivity contribution in [3.05, 3.63) is 53.9 Å². The Kier molecular flexibility index (Phi) is 8.18. The summed E-state index contributed by atoms with van der Waals surface area (Å²) in [4.78, 5) is 21.8. The monoisotopic (exact) mass is 485 g/mol. The molecule has 0 bridgehead atoms. The minimum absolute atomic E-state index is 0.0269. The summed E-state index contributed by atoms with van der Waals surface area (Å²) >= 11 is 0. The van der Waals surface area contributed by atoms with Crippen molar-refractivity contribution < 1.29 is 13.2 Å². The van der Waals surface area contributed by atoms with E-state index in [1.165, 1.54) is 23.4 Å². The number of sulfonamides is 1. The first-order chi connectivity index (χ1) is 16.4. The summed E-state index contributed by atoms with van der Waals surface area (Å²) in [6.45, 7) is 4.58. The highest BCUT2D eigenvalue weighted by Crippen LogP contribution is 2.29. The first kappa shape index (κ1) is 24.6. The number of fused-ring (bicyclic) bond motifs is 1. The van der Waals surface area contributed by atoms with Crippen molar-refractivity contribution in [3.63, 3.8) is 0 Å². The lowest BCUT2D eigenvalue weighted by atomic mass is 10.1. The number of rotatable bonds is 3. The molecule has 0 atom stereocenters. The molecule has 2 aliphatic heterocycles. The zero-order valence-corrected chi connectivity index (χ0v) is 20.8. The molecule has 1 amide bonds. The van der Waals surface area contributed by atoms with Crippen LogP contribution in [0.5, 0.6) is 0 Å². The molecule has 2 aromatic rings. The molecule has 3 heterocycles. The largest absolute Gasteiger partial charge is 0.369 e. The van der Waals surface area contributed by atoms with Crippen LogP contribution in [-0.2, 0) is 16.6 Å². The van der Waals surface area contributed by atoms with Crippen LogP contribution in [0.4, 0.5) is 11.4 Å². The van der Waals surface area contributed by atoms with Crippen molar-refractivity contribution >= 4 is 27.3 Å². The molecule has 0 aliphatic carbocycles. The fraction of sp³-hybridized carbons (Fsp3) is 0.520. The molecule has 0 unspecified atom stereocenters. The molecule has 8 nitrogen and oxygen atoms in total. The second-order valence-electron chi connectivity index (χ2n) is 9.11. The summed E-state index contributed by atoms with van der Waals surface area (Å²) in [7, 11) is -3.16. The van der Waals surface area contributed by atoms with Gasteiger partial charge < -0.3 is 15.1 Å². The Hall–Kier alpha value is -2.49. The van der Waals surface area contributed by atoms with Crippen LogP contribution in [0.3, 0.4) is 0 Å². The zero-order valence-electron chi connectivity index (χ0n) is 19.9. The molecule has 9 heteroatoms. The Morgan fingerprint density at radius 3 is 2.47 bits per heavy atom. The van der Waals surface area contributed by atoms with E-state index in [0.29, 0.717) is 44.8 Å². The van der Waals surface area contributed by atoms with Gasteiger partial charge in [0.1, 0.15) is 0 Å². The average Bonchev–Trinajstić information content (AvgIpc) is 2.84. The fourth-order valence-corrected chi connectivity index (χ4v) is 5.53. The zero-order chi connectivity index (χ0) is 24.0. The molecule has 1 saturated heterocycles. The highest BCUT2D eigenvalue weighted by atomic mass is 32.2. The summed E-state index contributed by atoms with van der Waals surface area (Å²) in [6, 6.07) is 9.89. The number of benzene rings is 1. The van der Waals surface area contributed by atoms with Gasteiger partial charge in [0.2, 0.25) is 10.0 Å². The number of carbonyl (C=O) groups excluding carboxylic acids is 1. The minimum atomic E-state index is -3.16. The Morgan fingerprint density at radius 2 is 1.74 bits per heavy atom. The van der Waals surface area contributed by atoms with Crippen LogP contribution in [0.15, 0.2) is 42.7 Å². The number of piperazine rings is 1. The van der Waals surface area contributed by atoms with Crippen molar-refractivity contribution in [2.75, 3.05) is 55.3 Å². The van der Waals surface area contributed by atoms with Gasteiger partial charge in [0.25, 0.3) is 5.91 Å². The van der Waals surface area contributed by atoms with Crippen LogP contribution >= 0.6 is 0 Å². The lowest BCUT2D eigenvalue weighted by Crippen LogP contribution is -2.48. The molecule has 1 N–H and O–H groups in total. The van der Waals surface area contributed by atoms with Crippen molar-refractivity contribution in [1.82, 2.24) is 14.6 Å². The fourth-order valence-electron chi connectivity index (χ4n) is 4.70. The highest BCUT2D eigenvalue weighted by molar-refractivity contribution is 7.88. The molecule has 184 valence electrons. The standard InChI is InChI=1S/C25H35N5O3S/c1-34(32,33)29-16-14-28(15-17-29)23-9-10-24-22(18-23)20-26-11-5-3-2-4-6-13-30(24)25(31)21-8-7-12-27-19-21/h7-10,12,18-19,26H,2-6,11,13-17,20H2,1H3. The lowest BCUT2D eigenvalue weighted by Gasteiger charge is -2.35. The number of nitrogens with zero attached hydrogens (tertiary/aromatic N) is 4. The van der Waals surface area contributed by atoms with Gasteiger partial charge in [0, 0.05) is 63.0 Å². The van der Waals surface area contributed by atoms with Crippen molar-refractivity contribution in [1.29, 1.82) is 0 Å². The third kappa shape index (κ3) is 6.14. The van der Waals surface area contributed by atoms with Crippen LogP contribution in [0.2, 0.25) is 0 Å². The van der Waals surface area contributed by atoms with E-state index in [1.54, 1.807) is 18.5 Å². The quantitative estimate of drug-likeness (QED) is 0.720. The van der Waals surface area contributed by atoms with Gasteiger partial charge in [-0.15, -0.1) is 0 Å². The highest BCUT2D eigenvalue weighted by Gasteiger charge is 2.25. The minimum Gasteiger partial charge on any atom is -0.369 e. The third-order valence-corrected chi connectivity index (χ3v) is 7.93. The number of hydrogen-bond donors (Lipinski definition) is 1. The topological polar surface area (TPSA) is 85.9 Å². The second kappa shape index (κ2) is 11.3. The number of anilines is 2. The van der Waals surface area contributed by atoms with E-state index >= 15 is 0 Å². The molecule has 1 aromatic heterocycles. The average molecular weight is 486 g/mol. The summed E-state index contributed by atoms with van der Waals surface area (Å²) in [6.07, 6.45) is 10.2. The van der Waals surface area contributed by atoms with Gasteiger partial charge in [0.15, 0.2) is 0 Å². The summed E-state index contributed by atoms with van der Waals surface area (Å²) < 4.78 is 25.3. The van der Waals surface area contributed by atoms with E-state index in [4.69, 9.17) is 0 Å². The summed E-state index contributed by atoms with van der Waals surface area (Å²) in [5.41, 5.74) is 3.67. The van der Waals surface area contributed by atoms with Gasteiger partial charge >= 0.3 is 0 Å². The van der Waals surface area contributed by atoms with Crippen LogP contribution < -0.4 is 15.1 Å². The molecule has 0 radical (unpaired) electrons. The third-order valence-electron chi connectivity index (χ3n) is 6.63. The van der Waals surface area contributed by atoms with Crippen molar-refractivity contribution in [2.24, 2.45) is 0 Å². The van der Waals surface area contributed by atoms with E-state index in [9.17, 15) is 13.2 Å². The number of nitrogens with one attached hydrogen (secondary N) is 1. The first-order valence-electron chi connectivity index (χ1n) is 12.2. The van der Waals surface area contributed by atoms with Gasteiger partial charge in [-0.3, -0.25) is 9.78 Å². The molecular weight excluding hydrogens is 450 g/mol. The van der Waals surface area contributed by atoms with Gasteiger partial charge in [-0.2, -0.15) is 4.31 Å². The smallest absolute Gasteiger partial charge is 0.259 e. The van der Waals surface area contributed by atoms with Gasteiger partial charge in [-0.1, -0.05) is 19.3 Å². The van der Waals surface area contributed by atoms with E-state index in [2.05, 4.69) is 33.4 Å². The maximum Gasteiger partial charge on any atom is 0.259 e. The molecule has 1 fully saturated rings. The van der Waals surface area contributed by atoms with E-state index in [-0.39, 0.29) is 5.91 Å². The predicted octanol–water partition coefficient (Wildman–Crippen LogP) is 2.86. The van der Waals surface area contributed by atoms with Crippen molar-refractivity contribution in [2.45, 2.75) is 38.6 Å². The van der Waals surface area contributed by atoms with Crippen LogP contribution in [-0.4, -0.2) is 69.1 Å². The SMILES string of the molecule is CS(=O)(=O)N1CCN(c2ccc3c(c2)CNCCCCCCCN3C(=O)c2cccnc2)CC1. The number of amides is 1. The molecule has 1 aromatic carbocycles. The summed E-state index contributed by atoms with van der Waals surface area (Å²) in [5.74, 6) is -0.0269. The predicted molar refractivity (Wildman–Crippen MR) is 136 cm³/mol. The normalized spacial score (nSPS) is 19.1. The Labute approximate surface area is 203 Å². The second-order valence-corrected chi connectivity index (χ2v) is 11.1. The summed E-state index contributed by atoms with van der Waals surface area (Å²) in [5, 5.41) is 3.56. The maximum atomic E-state index is 13.5. The van der Waals surface area contributed by atoms with E-state index in [0.717, 1.165) is 42.7 Å². The molecule has 0 saturated carbocycles. The van der Waals surface area contributed by atoms with Gasteiger partial charge in [0.05, 0.1) is 11.8 Å². The van der Waals surface area contributed by atoms with Crippen molar-refractivity contribution in [3.8, 4) is 0 Å². The molecular formula is C25H35N5O3S. The number of pyridine rings is 1. The van der Waals surface area contributed by atoms with E-state index < -0.39 is 10.0 Å². The number of carbonyl (C=O) groups is 1. The van der Waals surface area contributed by atoms with Crippen LogP contribution in [0.1, 0.15) is 48.0 Å². The van der Waals surface area contributed by atoms with Gasteiger partial charge in [-0.05, 0) is 55.3 Å². The van der Waals surface area contributed by atoms with Crippen LogP contribution in [0.25, 0.3) is 0 Å².